The molecule has 0 aliphatic carbocycles. The Morgan fingerprint density at radius 2 is 2.25 bits per heavy atom. The first-order chi connectivity index (χ1) is 5.27. The number of methoxy groups -OCH3 is 1. The van der Waals surface area contributed by atoms with Crippen molar-refractivity contribution in [1.29, 1.82) is 0 Å². The van der Waals surface area contributed by atoms with E-state index < -0.39 is 0 Å². The topological polar surface area (TPSA) is 46.5 Å². The minimum Gasteiger partial charge on any atom is -1.00 e. The standard InChI is InChI=1S/C8H8O3.K.H/c1-11-8-4-6(5-9)2-3-7(8)10;;/h2-5,10H,1H3;;/q;+1;-1. The molecule has 0 aromatic heterocycles. The number of carbonyl (C=O) groups excluding carboxylic acids is 1. The van der Waals surface area contributed by atoms with Crippen molar-refractivity contribution in [2.45, 2.75) is 0 Å². The fraction of sp³-hybridized carbons (Fsp3) is 0.125. The van der Waals surface area contributed by atoms with Gasteiger partial charge in [-0.1, -0.05) is 0 Å². The first kappa shape index (κ1) is 12.1. The van der Waals surface area contributed by atoms with Crippen LogP contribution < -0.4 is 56.1 Å². The summed E-state index contributed by atoms with van der Waals surface area (Å²) in [6, 6.07) is 4.41. The number of aldehydes is 1. The second kappa shape index (κ2) is 5.72. The molecule has 60 valence electrons. The molecule has 0 radical (unpaired) electrons. The van der Waals surface area contributed by atoms with Crippen LogP contribution in [0.4, 0.5) is 0 Å². The van der Waals surface area contributed by atoms with Gasteiger partial charge in [-0.3, -0.25) is 4.79 Å². The molecule has 0 amide bonds. The number of hydrogen-bond acceptors (Lipinski definition) is 3. The Balaban J connectivity index is 0. The molecule has 1 N–H and O–H groups in total. The number of benzene rings is 1. The molecule has 12 heavy (non-hydrogen) atoms. The predicted octanol–water partition coefficient (Wildman–Crippen LogP) is -1.67. The Kier molecular flexibility index (Phi) is 5.78. The average Bonchev–Trinajstić information content (AvgIpc) is 2.05. The van der Waals surface area contributed by atoms with Gasteiger partial charge in [0.25, 0.3) is 0 Å². The summed E-state index contributed by atoms with van der Waals surface area (Å²) in [5.41, 5.74) is 0.486. The fourth-order valence-electron chi connectivity index (χ4n) is 0.768. The maximum atomic E-state index is 10.2. The second-order valence-electron chi connectivity index (χ2n) is 2.05. The van der Waals surface area contributed by atoms with E-state index in [0.717, 1.165) is 0 Å². The van der Waals surface area contributed by atoms with Crippen molar-refractivity contribution in [3.8, 4) is 11.5 Å². The number of ether oxygens (including phenoxy) is 1. The third-order valence-electron chi connectivity index (χ3n) is 1.34. The smallest absolute Gasteiger partial charge is 1.00 e. The van der Waals surface area contributed by atoms with Crippen molar-refractivity contribution in [3.05, 3.63) is 23.8 Å². The number of rotatable bonds is 2. The van der Waals surface area contributed by atoms with Crippen LogP contribution in [0.15, 0.2) is 18.2 Å². The third kappa shape index (κ3) is 2.88. The van der Waals surface area contributed by atoms with E-state index >= 15 is 0 Å². The number of phenols is 1. The minimum absolute atomic E-state index is 0. The molecule has 0 bridgehead atoms. The van der Waals surface area contributed by atoms with E-state index in [9.17, 15) is 4.79 Å². The van der Waals surface area contributed by atoms with E-state index in [0.29, 0.717) is 17.6 Å². The third-order valence-corrected chi connectivity index (χ3v) is 1.34. The normalized spacial score (nSPS) is 8.42. The van der Waals surface area contributed by atoms with Crippen LogP contribution in [0.5, 0.6) is 11.5 Å². The van der Waals surface area contributed by atoms with Crippen LogP contribution in [0.2, 0.25) is 0 Å². The van der Waals surface area contributed by atoms with Gasteiger partial charge in [-0.05, 0) is 18.2 Å². The van der Waals surface area contributed by atoms with Gasteiger partial charge in [0.15, 0.2) is 11.5 Å². The Hall–Kier alpha value is 0.126. The summed E-state index contributed by atoms with van der Waals surface area (Å²) in [6.07, 6.45) is 0.696. The first-order valence-corrected chi connectivity index (χ1v) is 3.10. The van der Waals surface area contributed by atoms with Crippen molar-refractivity contribution in [2.24, 2.45) is 0 Å². The van der Waals surface area contributed by atoms with Crippen molar-refractivity contribution in [3.63, 3.8) is 0 Å². The summed E-state index contributed by atoms with van der Waals surface area (Å²) in [5, 5.41) is 9.09. The van der Waals surface area contributed by atoms with E-state index in [4.69, 9.17) is 9.84 Å². The van der Waals surface area contributed by atoms with Crippen molar-refractivity contribution >= 4 is 6.29 Å². The quantitative estimate of drug-likeness (QED) is 0.450. The average molecular weight is 192 g/mol. The summed E-state index contributed by atoms with van der Waals surface area (Å²) < 4.78 is 4.78. The second-order valence-corrected chi connectivity index (χ2v) is 2.05. The van der Waals surface area contributed by atoms with E-state index in [1.165, 1.54) is 25.3 Å². The van der Waals surface area contributed by atoms with Gasteiger partial charge in [0.05, 0.1) is 7.11 Å². The Morgan fingerprint density at radius 1 is 1.58 bits per heavy atom. The largest absolute Gasteiger partial charge is 1.00 e. The molecule has 4 heteroatoms. The molecule has 0 unspecified atom stereocenters. The zero-order chi connectivity index (χ0) is 8.27. The molecule has 0 atom stereocenters. The maximum Gasteiger partial charge on any atom is 1.00 e. The molecule has 1 aromatic rings. The van der Waals surface area contributed by atoms with Crippen molar-refractivity contribution in [2.75, 3.05) is 7.11 Å². The first-order valence-electron chi connectivity index (χ1n) is 3.10. The van der Waals surface area contributed by atoms with Gasteiger partial charge < -0.3 is 11.3 Å². The van der Waals surface area contributed by atoms with Gasteiger partial charge in [-0.2, -0.15) is 0 Å². The molecule has 0 aliphatic heterocycles. The van der Waals surface area contributed by atoms with Gasteiger partial charge in [0, 0.05) is 5.56 Å². The Morgan fingerprint density at radius 3 is 2.75 bits per heavy atom. The molecule has 0 fully saturated rings. The van der Waals surface area contributed by atoms with Crippen LogP contribution in [0, 0.1) is 0 Å². The van der Waals surface area contributed by atoms with E-state index in [1.54, 1.807) is 0 Å². The fourth-order valence-corrected chi connectivity index (χ4v) is 0.768. The van der Waals surface area contributed by atoms with E-state index in [1.807, 2.05) is 0 Å². The molecule has 0 saturated heterocycles. The maximum absolute atomic E-state index is 10.2. The molecule has 0 aliphatic rings. The van der Waals surface area contributed by atoms with E-state index in [2.05, 4.69) is 0 Å². The number of carbonyl (C=O) groups is 1. The van der Waals surface area contributed by atoms with Gasteiger partial charge in [0.1, 0.15) is 6.29 Å². The zero-order valence-electron chi connectivity index (χ0n) is 8.07. The summed E-state index contributed by atoms with van der Waals surface area (Å²) in [5.74, 6) is 0.354. The van der Waals surface area contributed by atoms with Crippen LogP contribution in [0.25, 0.3) is 0 Å². The Bertz CT molecular complexity index is 278. The minimum atomic E-state index is 0. The zero-order valence-corrected chi connectivity index (χ0v) is 10.2. The monoisotopic (exact) mass is 192 g/mol. The van der Waals surface area contributed by atoms with E-state index in [-0.39, 0.29) is 58.6 Å². The SMILES string of the molecule is COc1cc(C=O)ccc1O.[H-].[K+]. The van der Waals surface area contributed by atoms with Crippen molar-refractivity contribution in [1.82, 2.24) is 0 Å². The van der Waals surface area contributed by atoms with Gasteiger partial charge in [0.2, 0.25) is 0 Å². The molecule has 0 spiro atoms. The van der Waals surface area contributed by atoms with Crippen LogP contribution >= 0.6 is 0 Å². The van der Waals surface area contributed by atoms with Crippen LogP contribution in [0.3, 0.4) is 0 Å². The molecule has 1 aromatic carbocycles. The number of aromatic hydroxyl groups is 1. The van der Waals surface area contributed by atoms with Crippen molar-refractivity contribution < 1.29 is 67.4 Å². The summed E-state index contributed by atoms with van der Waals surface area (Å²) >= 11 is 0. The van der Waals surface area contributed by atoms with Crippen LogP contribution in [-0.2, 0) is 0 Å². The summed E-state index contributed by atoms with van der Waals surface area (Å²) in [6.45, 7) is 0. The Labute approximate surface area is 115 Å². The summed E-state index contributed by atoms with van der Waals surface area (Å²) in [7, 11) is 1.43. The summed E-state index contributed by atoms with van der Waals surface area (Å²) in [4.78, 5) is 10.2. The van der Waals surface area contributed by atoms with Crippen LogP contribution in [0.1, 0.15) is 11.8 Å². The number of phenolic OH excluding ortho intramolecular Hbond substituents is 1. The number of hydrogen-bond donors (Lipinski definition) is 1. The van der Waals surface area contributed by atoms with Crippen LogP contribution in [-0.4, -0.2) is 18.5 Å². The van der Waals surface area contributed by atoms with Gasteiger partial charge in [-0.15, -0.1) is 0 Å². The molecule has 0 heterocycles. The predicted molar refractivity (Wildman–Crippen MR) is 41.2 cm³/mol. The van der Waals surface area contributed by atoms with Gasteiger partial charge >= 0.3 is 51.4 Å². The molecule has 0 saturated carbocycles. The molecular formula is C8H9KO3. The molecule has 3 nitrogen and oxygen atoms in total. The molecular weight excluding hydrogens is 183 g/mol. The van der Waals surface area contributed by atoms with Gasteiger partial charge in [-0.25, -0.2) is 0 Å². The molecule has 1 rings (SSSR count).